The topological polar surface area (TPSA) is 81.1 Å². The summed E-state index contributed by atoms with van der Waals surface area (Å²) in [6, 6.07) is 10.0. The molecule has 20 heavy (non-hydrogen) atoms. The normalized spacial score (nSPS) is 12.5. The van der Waals surface area contributed by atoms with Crippen molar-refractivity contribution in [1.29, 1.82) is 0 Å². The number of aromatic nitrogens is 4. The molecule has 0 amide bonds. The van der Waals surface area contributed by atoms with Gasteiger partial charge in [-0.25, -0.2) is 4.98 Å². The maximum absolute atomic E-state index is 5.87. The van der Waals surface area contributed by atoms with Crippen molar-refractivity contribution in [2.45, 2.75) is 13.0 Å². The second-order valence-corrected chi connectivity index (χ2v) is 4.56. The summed E-state index contributed by atoms with van der Waals surface area (Å²) in [5.41, 5.74) is 7.70. The van der Waals surface area contributed by atoms with E-state index in [9.17, 15) is 0 Å². The van der Waals surface area contributed by atoms with Gasteiger partial charge in [0.15, 0.2) is 5.82 Å². The first-order chi connectivity index (χ1) is 9.79. The molecule has 2 aromatic heterocycles. The van der Waals surface area contributed by atoms with Gasteiger partial charge in [-0.1, -0.05) is 30.3 Å². The maximum atomic E-state index is 5.87. The van der Waals surface area contributed by atoms with Gasteiger partial charge in [-0.05, 0) is 12.5 Å². The third-order valence-electron chi connectivity index (χ3n) is 3.25. The number of rotatable bonds is 4. The van der Waals surface area contributed by atoms with Gasteiger partial charge in [-0.3, -0.25) is 4.40 Å². The Hall–Kier alpha value is -2.47. The van der Waals surface area contributed by atoms with Gasteiger partial charge in [-0.2, -0.15) is 0 Å². The largest absolute Gasteiger partial charge is 0.359 e. The van der Waals surface area contributed by atoms with Gasteiger partial charge in [0.25, 0.3) is 0 Å². The number of fused-ring (bicyclic) bond motifs is 1. The minimum Gasteiger partial charge on any atom is -0.359 e. The van der Waals surface area contributed by atoms with Crippen LogP contribution < -0.4 is 11.1 Å². The molecule has 0 spiro atoms. The Morgan fingerprint density at radius 3 is 2.80 bits per heavy atom. The molecule has 0 radical (unpaired) electrons. The zero-order valence-electron chi connectivity index (χ0n) is 11.2. The lowest BCUT2D eigenvalue weighted by atomic mass is 10.1. The monoisotopic (exact) mass is 268 g/mol. The van der Waals surface area contributed by atoms with Crippen LogP contribution in [0.1, 0.15) is 17.4 Å². The Bertz CT molecular complexity index is 706. The standard InChI is InChI=1S/C14H16N6/c1-10-18-19-14-13(16-7-8-20(10)14)17-12(9-15)11-5-3-2-4-6-11/h2-8,12H,9,15H2,1H3,(H,16,17). The zero-order valence-corrected chi connectivity index (χ0v) is 11.2. The van der Waals surface area contributed by atoms with Gasteiger partial charge in [0.2, 0.25) is 5.65 Å². The third-order valence-corrected chi connectivity index (χ3v) is 3.25. The molecule has 1 aromatic carbocycles. The lowest BCUT2D eigenvalue weighted by Crippen LogP contribution is -2.21. The number of nitrogens with two attached hydrogens (primary N) is 1. The highest BCUT2D eigenvalue weighted by Crippen LogP contribution is 2.20. The van der Waals surface area contributed by atoms with E-state index in [1.54, 1.807) is 6.20 Å². The van der Waals surface area contributed by atoms with E-state index < -0.39 is 0 Å². The lowest BCUT2D eigenvalue weighted by Gasteiger charge is -2.17. The van der Waals surface area contributed by atoms with Crippen LogP contribution in [0.25, 0.3) is 5.65 Å². The predicted octanol–water partition coefficient (Wildman–Crippen LogP) is 1.54. The molecule has 3 rings (SSSR count). The van der Waals surface area contributed by atoms with Crippen LogP contribution in [0.3, 0.4) is 0 Å². The number of benzene rings is 1. The molecule has 0 aliphatic carbocycles. The molecule has 6 heteroatoms. The van der Waals surface area contributed by atoms with Gasteiger partial charge in [0.1, 0.15) is 5.82 Å². The molecule has 6 nitrogen and oxygen atoms in total. The molecule has 1 unspecified atom stereocenters. The second kappa shape index (κ2) is 5.26. The number of hydrogen-bond donors (Lipinski definition) is 2. The smallest absolute Gasteiger partial charge is 0.203 e. The average Bonchev–Trinajstić information content (AvgIpc) is 2.88. The lowest BCUT2D eigenvalue weighted by molar-refractivity contribution is 0.783. The summed E-state index contributed by atoms with van der Waals surface area (Å²) in [5.74, 6) is 1.52. The Balaban J connectivity index is 1.96. The zero-order chi connectivity index (χ0) is 13.9. The van der Waals surface area contributed by atoms with Crippen LogP contribution in [0.2, 0.25) is 0 Å². The van der Waals surface area contributed by atoms with E-state index in [2.05, 4.69) is 20.5 Å². The predicted molar refractivity (Wildman–Crippen MR) is 77.4 cm³/mol. The molecule has 3 aromatic rings. The SMILES string of the molecule is Cc1nnc2c(NC(CN)c3ccccc3)nccn12. The van der Waals surface area contributed by atoms with Crippen molar-refractivity contribution in [3.63, 3.8) is 0 Å². The Morgan fingerprint density at radius 2 is 2.05 bits per heavy atom. The summed E-state index contributed by atoms with van der Waals surface area (Å²) < 4.78 is 1.90. The summed E-state index contributed by atoms with van der Waals surface area (Å²) in [6.45, 7) is 2.38. The van der Waals surface area contributed by atoms with Crippen molar-refractivity contribution < 1.29 is 0 Å². The van der Waals surface area contributed by atoms with Crippen molar-refractivity contribution >= 4 is 11.5 Å². The highest BCUT2D eigenvalue weighted by molar-refractivity contribution is 5.62. The van der Waals surface area contributed by atoms with E-state index in [1.807, 2.05) is 47.9 Å². The summed E-state index contributed by atoms with van der Waals surface area (Å²) >= 11 is 0. The fourth-order valence-electron chi connectivity index (χ4n) is 2.17. The first-order valence-electron chi connectivity index (χ1n) is 6.47. The fraction of sp³-hybridized carbons (Fsp3) is 0.214. The molecule has 0 aliphatic heterocycles. The number of hydrogen-bond acceptors (Lipinski definition) is 5. The van der Waals surface area contributed by atoms with Crippen molar-refractivity contribution in [3.05, 3.63) is 54.1 Å². The summed E-state index contributed by atoms with van der Waals surface area (Å²) in [4.78, 5) is 4.34. The van der Waals surface area contributed by atoms with E-state index in [0.29, 0.717) is 18.0 Å². The quantitative estimate of drug-likeness (QED) is 0.750. The first-order valence-corrected chi connectivity index (χ1v) is 6.47. The summed E-state index contributed by atoms with van der Waals surface area (Å²) in [6.07, 6.45) is 3.57. The van der Waals surface area contributed by atoms with E-state index in [-0.39, 0.29) is 6.04 Å². The number of nitrogens with zero attached hydrogens (tertiary/aromatic N) is 4. The van der Waals surface area contributed by atoms with Gasteiger partial charge in [-0.15, -0.1) is 10.2 Å². The van der Waals surface area contributed by atoms with Crippen LogP contribution in [0, 0.1) is 6.92 Å². The number of nitrogens with one attached hydrogen (secondary N) is 1. The first kappa shape index (κ1) is 12.6. The van der Waals surface area contributed by atoms with Crippen LogP contribution >= 0.6 is 0 Å². The van der Waals surface area contributed by atoms with Gasteiger partial charge in [0, 0.05) is 18.9 Å². The van der Waals surface area contributed by atoms with Crippen LogP contribution in [0.4, 0.5) is 5.82 Å². The maximum Gasteiger partial charge on any atom is 0.203 e. The highest BCUT2D eigenvalue weighted by atomic mass is 15.3. The van der Waals surface area contributed by atoms with E-state index in [4.69, 9.17) is 5.73 Å². The molecular weight excluding hydrogens is 252 g/mol. The fourth-order valence-corrected chi connectivity index (χ4v) is 2.17. The summed E-state index contributed by atoms with van der Waals surface area (Å²) in [5, 5.41) is 11.6. The average molecular weight is 268 g/mol. The number of anilines is 1. The Kier molecular flexibility index (Phi) is 3.30. The van der Waals surface area contributed by atoms with Crippen molar-refractivity contribution in [1.82, 2.24) is 19.6 Å². The molecule has 2 heterocycles. The van der Waals surface area contributed by atoms with E-state index >= 15 is 0 Å². The van der Waals surface area contributed by atoms with E-state index in [1.165, 1.54) is 0 Å². The molecule has 0 bridgehead atoms. The molecule has 0 aliphatic rings. The number of aryl methyl sites for hydroxylation is 1. The van der Waals surface area contributed by atoms with Crippen molar-refractivity contribution in [2.24, 2.45) is 5.73 Å². The summed E-state index contributed by atoms with van der Waals surface area (Å²) in [7, 11) is 0. The molecule has 102 valence electrons. The Morgan fingerprint density at radius 1 is 1.25 bits per heavy atom. The Labute approximate surface area is 116 Å². The molecular formula is C14H16N6. The van der Waals surface area contributed by atoms with Crippen LogP contribution in [-0.2, 0) is 0 Å². The third kappa shape index (κ3) is 2.21. The highest BCUT2D eigenvalue weighted by Gasteiger charge is 2.13. The van der Waals surface area contributed by atoms with Gasteiger partial charge < -0.3 is 11.1 Å². The molecule has 0 fully saturated rings. The molecule has 0 saturated heterocycles. The van der Waals surface area contributed by atoms with Gasteiger partial charge in [0.05, 0.1) is 6.04 Å². The van der Waals surface area contributed by atoms with Crippen LogP contribution in [0.5, 0.6) is 0 Å². The van der Waals surface area contributed by atoms with E-state index in [0.717, 1.165) is 11.4 Å². The van der Waals surface area contributed by atoms with Crippen molar-refractivity contribution in [2.75, 3.05) is 11.9 Å². The molecule has 0 saturated carbocycles. The van der Waals surface area contributed by atoms with Crippen molar-refractivity contribution in [3.8, 4) is 0 Å². The second-order valence-electron chi connectivity index (χ2n) is 4.56. The molecule has 3 N–H and O–H groups in total. The van der Waals surface area contributed by atoms with Crippen LogP contribution in [0.15, 0.2) is 42.7 Å². The minimum absolute atomic E-state index is 0.00749. The van der Waals surface area contributed by atoms with Crippen LogP contribution in [-0.4, -0.2) is 26.1 Å². The van der Waals surface area contributed by atoms with Gasteiger partial charge >= 0.3 is 0 Å². The molecule has 1 atom stereocenters. The minimum atomic E-state index is -0.00749.